The number of aromatic nitrogens is 2. The summed E-state index contributed by atoms with van der Waals surface area (Å²) in [6.45, 7) is 3.14. The lowest BCUT2D eigenvalue weighted by Gasteiger charge is -2.35. The Balaban J connectivity index is 1.48. The summed E-state index contributed by atoms with van der Waals surface area (Å²) < 4.78 is 4.91. The van der Waals surface area contributed by atoms with Crippen LogP contribution in [0.2, 0.25) is 0 Å². The highest BCUT2D eigenvalue weighted by Gasteiger charge is 2.21. The summed E-state index contributed by atoms with van der Waals surface area (Å²) in [4.78, 5) is 24.7. The van der Waals surface area contributed by atoms with Crippen LogP contribution >= 0.6 is 0 Å². The van der Waals surface area contributed by atoms with Gasteiger partial charge in [0.2, 0.25) is 5.91 Å². The minimum absolute atomic E-state index is 0.179. The van der Waals surface area contributed by atoms with Crippen molar-refractivity contribution in [2.75, 3.05) is 31.1 Å². The molecule has 0 aliphatic carbocycles. The fraction of sp³-hybridized carbons (Fsp3) is 0.400. The van der Waals surface area contributed by atoms with Crippen molar-refractivity contribution in [1.29, 1.82) is 0 Å². The Labute approximate surface area is 123 Å². The van der Waals surface area contributed by atoms with Gasteiger partial charge in [-0.05, 0) is 12.1 Å². The van der Waals surface area contributed by atoms with Gasteiger partial charge in [-0.25, -0.2) is 9.97 Å². The maximum absolute atomic E-state index is 12.2. The summed E-state index contributed by atoms with van der Waals surface area (Å²) in [7, 11) is 0. The van der Waals surface area contributed by atoms with Crippen LogP contribution in [-0.2, 0) is 11.2 Å². The van der Waals surface area contributed by atoms with Crippen molar-refractivity contribution in [3.63, 3.8) is 0 Å². The zero-order valence-corrected chi connectivity index (χ0v) is 11.8. The topological polar surface area (TPSA) is 62.5 Å². The van der Waals surface area contributed by atoms with E-state index in [9.17, 15) is 4.79 Å². The van der Waals surface area contributed by atoms with Gasteiger partial charge < -0.3 is 14.2 Å². The maximum atomic E-state index is 12.2. The van der Waals surface area contributed by atoms with Gasteiger partial charge in [0.05, 0.1) is 5.69 Å². The molecule has 1 aliphatic heterocycles. The predicted molar refractivity (Wildman–Crippen MR) is 77.9 cm³/mol. The third kappa shape index (κ3) is 3.39. The minimum Gasteiger partial charge on any atom is -0.451 e. The second-order valence-corrected chi connectivity index (χ2v) is 5.04. The summed E-state index contributed by atoms with van der Waals surface area (Å²) in [5.41, 5.74) is 0.829. The molecule has 1 amide bonds. The van der Waals surface area contributed by atoms with Crippen LogP contribution in [0.5, 0.6) is 0 Å². The van der Waals surface area contributed by atoms with Gasteiger partial charge >= 0.3 is 0 Å². The number of aryl methyl sites for hydroxylation is 1. The second-order valence-electron chi connectivity index (χ2n) is 5.04. The highest BCUT2D eigenvalue weighted by atomic mass is 16.3. The first kappa shape index (κ1) is 13.6. The molecule has 0 aromatic carbocycles. The summed E-state index contributed by atoms with van der Waals surface area (Å²) in [5, 5.41) is 0. The third-order valence-corrected chi connectivity index (χ3v) is 3.68. The van der Waals surface area contributed by atoms with Gasteiger partial charge in [0, 0.05) is 45.2 Å². The number of piperazine rings is 1. The van der Waals surface area contributed by atoms with E-state index in [0.29, 0.717) is 12.8 Å². The minimum atomic E-state index is 0.179. The van der Waals surface area contributed by atoms with Crippen molar-refractivity contribution in [2.45, 2.75) is 12.8 Å². The fourth-order valence-corrected chi connectivity index (χ4v) is 2.48. The number of rotatable bonds is 4. The van der Waals surface area contributed by atoms with Crippen LogP contribution in [0, 0.1) is 0 Å². The molecular formula is C15H18N4O2. The van der Waals surface area contributed by atoms with Crippen molar-refractivity contribution >= 4 is 11.7 Å². The van der Waals surface area contributed by atoms with E-state index in [-0.39, 0.29) is 5.91 Å². The van der Waals surface area contributed by atoms with E-state index in [4.69, 9.17) is 4.42 Å². The SMILES string of the molecule is O=C(CCc1cocn1)N1CCN(c2ccccn2)CC1. The molecule has 1 fully saturated rings. The van der Waals surface area contributed by atoms with Crippen LogP contribution < -0.4 is 4.90 Å². The molecule has 0 atom stereocenters. The maximum Gasteiger partial charge on any atom is 0.223 e. The number of carbonyl (C=O) groups excluding carboxylic acids is 1. The number of carbonyl (C=O) groups is 1. The lowest BCUT2D eigenvalue weighted by atomic mass is 10.2. The van der Waals surface area contributed by atoms with Crippen molar-refractivity contribution in [2.24, 2.45) is 0 Å². The summed E-state index contributed by atoms with van der Waals surface area (Å²) in [6, 6.07) is 5.90. The normalized spacial score (nSPS) is 15.2. The van der Waals surface area contributed by atoms with Crippen LogP contribution in [0.3, 0.4) is 0 Å². The highest BCUT2D eigenvalue weighted by Crippen LogP contribution is 2.13. The largest absolute Gasteiger partial charge is 0.451 e. The molecule has 1 saturated heterocycles. The fourth-order valence-electron chi connectivity index (χ4n) is 2.48. The number of pyridine rings is 1. The third-order valence-electron chi connectivity index (χ3n) is 3.68. The average Bonchev–Trinajstić information content (AvgIpc) is 3.07. The molecule has 3 rings (SSSR count). The zero-order chi connectivity index (χ0) is 14.5. The zero-order valence-electron chi connectivity index (χ0n) is 11.8. The predicted octanol–water partition coefficient (Wildman–Crippen LogP) is 1.35. The van der Waals surface area contributed by atoms with E-state index in [2.05, 4.69) is 14.9 Å². The molecule has 0 radical (unpaired) electrons. The number of hydrogen-bond acceptors (Lipinski definition) is 5. The van der Waals surface area contributed by atoms with E-state index < -0.39 is 0 Å². The molecule has 0 unspecified atom stereocenters. The van der Waals surface area contributed by atoms with Gasteiger partial charge in [-0.15, -0.1) is 0 Å². The van der Waals surface area contributed by atoms with Crippen LogP contribution in [-0.4, -0.2) is 47.0 Å². The number of hydrogen-bond donors (Lipinski definition) is 0. The lowest BCUT2D eigenvalue weighted by Crippen LogP contribution is -2.49. The van der Waals surface area contributed by atoms with Gasteiger partial charge in [0.15, 0.2) is 6.39 Å². The Morgan fingerprint density at radius 3 is 2.71 bits per heavy atom. The molecule has 6 heteroatoms. The molecule has 3 heterocycles. The first-order chi connectivity index (χ1) is 10.3. The van der Waals surface area contributed by atoms with Crippen LogP contribution in [0.1, 0.15) is 12.1 Å². The molecule has 1 aliphatic rings. The molecule has 0 bridgehead atoms. The van der Waals surface area contributed by atoms with E-state index in [0.717, 1.165) is 37.7 Å². The average molecular weight is 286 g/mol. The van der Waals surface area contributed by atoms with Crippen LogP contribution in [0.25, 0.3) is 0 Å². The number of amides is 1. The van der Waals surface area contributed by atoms with E-state index in [1.807, 2.05) is 23.1 Å². The van der Waals surface area contributed by atoms with E-state index >= 15 is 0 Å². The van der Waals surface area contributed by atoms with Gasteiger partial charge in [-0.1, -0.05) is 6.07 Å². The second kappa shape index (κ2) is 6.39. The number of anilines is 1. The standard InChI is InChI=1S/C15H18N4O2/c20-15(5-4-13-11-21-12-17-13)19-9-7-18(8-10-19)14-3-1-2-6-16-14/h1-3,6,11-12H,4-5,7-10H2. The van der Waals surface area contributed by atoms with Gasteiger partial charge in [0.25, 0.3) is 0 Å². The Hall–Kier alpha value is -2.37. The van der Waals surface area contributed by atoms with Crippen molar-refractivity contribution in [3.05, 3.63) is 42.7 Å². The van der Waals surface area contributed by atoms with Crippen LogP contribution in [0.15, 0.2) is 41.5 Å². The molecule has 2 aromatic heterocycles. The van der Waals surface area contributed by atoms with Gasteiger partial charge in [-0.3, -0.25) is 4.79 Å². The summed E-state index contributed by atoms with van der Waals surface area (Å²) in [5.74, 6) is 1.16. The molecule has 110 valence electrons. The Morgan fingerprint density at radius 2 is 2.05 bits per heavy atom. The first-order valence-electron chi connectivity index (χ1n) is 7.14. The van der Waals surface area contributed by atoms with Crippen molar-refractivity contribution in [1.82, 2.24) is 14.9 Å². The Kier molecular flexibility index (Phi) is 4.14. The molecule has 21 heavy (non-hydrogen) atoms. The molecule has 0 N–H and O–H groups in total. The van der Waals surface area contributed by atoms with E-state index in [1.165, 1.54) is 6.39 Å². The quantitative estimate of drug-likeness (QED) is 0.849. The Morgan fingerprint density at radius 1 is 1.19 bits per heavy atom. The molecule has 2 aromatic rings. The highest BCUT2D eigenvalue weighted by molar-refractivity contribution is 5.76. The molecular weight excluding hydrogens is 268 g/mol. The van der Waals surface area contributed by atoms with Gasteiger partial charge in [0.1, 0.15) is 12.1 Å². The van der Waals surface area contributed by atoms with Crippen molar-refractivity contribution < 1.29 is 9.21 Å². The lowest BCUT2D eigenvalue weighted by molar-refractivity contribution is -0.131. The molecule has 6 nitrogen and oxygen atoms in total. The molecule has 0 spiro atoms. The number of nitrogens with zero attached hydrogens (tertiary/aromatic N) is 4. The first-order valence-corrected chi connectivity index (χ1v) is 7.14. The summed E-state index contributed by atoms with van der Waals surface area (Å²) in [6.07, 6.45) is 5.90. The smallest absolute Gasteiger partial charge is 0.223 e. The van der Waals surface area contributed by atoms with Gasteiger partial charge in [-0.2, -0.15) is 0 Å². The Bertz CT molecular complexity index is 563. The monoisotopic (exact) mass is 286 g/mol. The van der Waals surface area contributed by atoms with Crippen LogP contribution in [0.4, 0.5) is 5.82 Å². The summed E-state index contributed by atoms with van der Waals surface area (Å²) >= 11 is 0. The van der Waals surface area contributed by atoms with E-state index in [1.54, 1.807) is 12.5 Å². The number of oxazole rings is 1. The van der Waals surface area contributed by atoms with Crippen molar-refractivity contribution in [3.8, 4) is 0 Å². The molecule has 0 saturated carbocycles.